The SMILES string of the molecule is NC(=O)NCCNCC(O)CN1CCOCC1. The highest BCUT2D eigenvalue weighted by atomic mass is 16.5. The third-order valence-corrected chi connectivity index (χ3v) is 2.55. The Morgan fingerprint density at radius 1 is 1.41 bits per heavy atom. The first-order valence-corrected chi connectivity index (χ1v) is 5.90. The van der Waals surface area contributed by atoms with E-state index in [1.807, 2.05) is 0 Å². The highest BCUT2D eigenvalue weighted by molar-refractivity contribution is 5.71. The number of rotatable bonds is 7. The predicted molar refractivity (Wildman–Crippen MR) is 63.7 cm³/mol. The molecule has 2 amide bonds. The van der Waals surface area contributed by atoms with Crippen molar-refractivity contribution in [2.24, 2.45) is 5.73 Å². The fraction of sp³-hybridized carbons (Fsp3) is 0.900. The number of ether oxygens (including phenoxy) is 1. The first kappa shape index (κ1) is 14.2. The zero-order chi connectivity index (χ0) is 12.5. The van der Waals surface area contributed by atoms with E-state index in [-0.39, 0.29) is 0 Å². The highest BCUT2D eigenvalue weighted by Gasteiger charge is 2.14. The number of nitrogens with two attached hydrogens (primary N) is 1. The number of primary amides is 1. The van der Waals surface area contributed by atoms with Gasteiger partial charge in [-0.15, -0.1) is 0 Å². The highest BCUT2D eigenvalue weighted by Crippen LogP contribution is 1.97. The number of morpholine rings is 1. The topological polar surface area (TPSA) is 99.9 Å². The van der Waals surface area contributed by atoms with E-state index in [0.29, 0.717) is 26.2 Å². The molecule has 17 heavy (non-hydrogen) atoms. The molecule has 1 fully saturated rings. The molecule has 1 unspecified atom stereocenters. The molecule has 0 spiro atoms. The summed E-state index contributed by atoms with van der Waals surface area (Å²) in [5.41, 5.74) is 4.91. The van der Waals surface area contributed by atoms with Crippen molar-refractivity contribution in [3.63, 3.8) is 0 Å². The number of aliphatic hydroxyl groups excluding tert-OH is 1. The Balaban J connectivity index is 1.96. The summed E-state index contributed by atoms with van der Waals surface area (Å²) in [5.74, 6) is 0. The molecular formula is C10H22N4O3. The number of amides is 2. The fourth-order valence-corrected chi connectivity index (χ4v) is 1.69. The molecule has 7 nitrogen and oxygen atoms in total. The van der Waals surface area contributed by atoms with E-state index in [1.165, 1.54) is 0 Å². The second-order valence-electron chi connectivity index (χ2n) is 4.06. The zero-order valence-corrected chi connectivity index (χ0v) is 10.0. The standard InChI is InChI=1S/C10H22N4O3/c11-10(16)13-2-1-12-7-9(15)8-14-3-5-17-6-4-14/h9,12,15H,1-8H2,(H3,11,13,16). The summed E-state index contributed by atoms with van der Waals surface area (Å²) in [6, 6.07) is -0.527. The third kappa shape index (κ3) is 7.11. The van der Waals surface area contributed by atoms with Crippen LogP contribution in [0.25, 0.3) is 0 Å². The van der Waals surface area contributed by atoms with Gasteiger partial charge in [0.1, 0.15) is 0 Å². The Labute approximate surface area is 101 Å². The number of hydrogen-bond acceptors (Lipinski definition) is 5. The molecular weight excluding hydrogens is 224 g/mol. The monoisotopic (exact) mass is 246 g/mol. The van der Waals surface area contributed by atoms with Gasteiger partial charge in [-0.1, -0.05) is 0 Å². The summed E-state index contributed by atoms with van der Waals surface area (Å²) in [7, 11) is 0. The first-order chi connectivity index (χ1) is 8.18. The van der Waals surface area contributed by atoms with E-state index in [9.17, 15) is 9.90 Å². The third-order valence-electron chi connectivity index (χ3n) is 2.55. The lowest BCUT2D eigenvalue weighted by molar-refractivity contribution is 0.0150. The molecule has 7 heteroatoms. The molecule has 0 aromatic heterocycles. The lowest BCUT2D eigenvalue weighted by Crippen LogP contribution is -2.44. The lowest BCUT2D eigenvalue weighted by atomic mass is 10.3. The van der Waals surface area contributed by atoms with Gasteiger partial charge < -0.3 is 26.2 Å². The Morgan fingerprint density at radius 2 is 2.12 bits per heavy atom. The largest absolute Gasteiger partial charge is 0.390 e. The summed E-state index contributed by atoms with van der Waals surface area (Å²) < 4.78 is 5.23. The van der Waals surface area contributed by atoms with Crippen molar-refractivity contribution in [2.75, 3.05) is 52.5 Å². The first-order valence-electron chi connectivity index (χ1n) is 5.90. The number of urea groups is 1. The van der Waals surface area contributed by atoms with Gasteiger partial charge in [-0.3, -0.25) is 4.90 Å². The number of carbonyl (C=O) groups excluding carboxylic acids is 1. The summed E-state index contributed by atoms with van der Waals surface area (Å²) in [4.78, 5) is 12.6. The van der Waals surface area contributed by atoms with Crippen molar-refractivity contribution in [1.29, 1.82) is 0 Å². The summed E-state index contributed by atoms with van der Waals surface area (Å²) in [6.07, 6.45) is -0.401. The second kappa shape index (κ2) is 8.24. The van der Waals surface area contributed by atoms with Crippen LogP contribution < -0.4 is 16.4 Å². The average Bonchev–Trinajstić information content (AvgIpc) is 2.29. The van der Waals surface area contributed by atoms with Crippen LogP contribution >= 0.6 is 0 Å². The number of hydrogen-bond donors (Lipinski definition) is 4. The van der Waals surface area contributed by atoms with E-state index < -0.39 is 12.1 Å². The molecule has 100 valence electrons. The summed E-state index contributed by atoms with van der Waals surface area (Å²) in [6.45, 7) is 5.46. The van der Waals surface area contributed by atoms with Gasteiger partial charge in [0.25, 0.3) is 0 Å². The number of carbonyl (C=O) groups is 1. The predicted octanol–water partition coefficient (Wildman–Crippen LogP) is -2.06. The Bertz CT molecular complexity index is 222. The number of β-amino-alcohol motifs (C(OH)–C–C–N with tert-alkyl or cyclic N) is 1. The zero-order valence-electron chi connectivity index (χ0n) is 10.0. The minimum atomic E-state index is -0.527. The summed E-state index contributed by atoms with van der Waals surface area (Å²) in [5, 5.41) is 15.3. The van der Waals surface area contributed by atoms with Crippen molar-refractivity contribution in [2.45, 2.75) is 6.10 Å². The van der Waals surface area contributed by atoms with E-state index in [0.717, 1.165) is 26.3 Å². The molecule has 1 heterocycles. The van der Waals surface area contributed by atoms with Crippen LogP contribution in [0.4, 0.5) is 4.79 Å². The Hall–Kier alpha value is -0.890. The van der Waals surface area contributed by atoms with Crippen LogP contribution in [0.15, 0.2) is 0 Å². The maximum atomic E-state index is 10.4. The smallest absolute Gasteiger partial charge is 0.312 e. The van der Waals surface area contributed by atoms with Crippen LogP contribution in [0.2, 0.25) is 0 Å². The lowest BCUT2D eigenvalue weighted by Gasteiger charge is -2.28. The quantitative estimate of drug-likeness (QED) is 0.387. The number of nitrogens with zero attached hydrogens (tertiary/aromatic N) is 1. The molecule has 0 aromatic rings. The van der Waals surface area contributed by atoms with E-state index in [2.05, 4.69) is 15.5 Å². The van der Waals surface area contributed by atoms with E-state index in [1.54, 1.807) is 0 Å². The molecule has 0 aliphatic carbocycles. The van der Waals surface area contributed by atoms with Crippen molar-refractivity contribution in [3.05, 3.63) is 0 Å². The van der Waals surface area contributed by atoms with E-state index in [4.69, 9.17) is 10.5 Å². The summed E-state index contributed by atoms with van der Waals surface area (Å²) >= 11 is 0. The van der Waals surface area contributed by atoms with Crippen LogP contribution in [0, 0.1) is 0 Å². The van der Waals surface area contributed by atoms with Crippen molar-refractivity contribution in [1.82, 2.24) is 15.5 Å². The molecule has 1 aliphatic rings. The van der Waals surface area contributed by atoms with Gasteiger partial charge in [0.15, 0.2) is 0 Å². The fourth-order valence-electron chi connectivity index (χ4n) is 1.69. The van der Waals surface area contributed by atoms with Gasteiger partial charge >= 0.3 is 6.03 Å². The second-order valence-corrected chi connectivity index (χ2v) is 4.06. The molecule has 1 atom stereocenters. The average molecular weight is 246 g/mol. The molecule has 0 saturated carbocycles. The van der Waals surface area contributed by atoms with Gasteiger partial charge in [0.2, 0.25) is 0 Å². The van der Waals surface area contributed by atoms with Gasteiger partial charge in [-0.25, -0.2) is 4.79 Å². The Morgan fingerprint density at radius 3 is 2.76 bits per heavy atom. The molecule has 0 aromatic carbocycles. The molecule has 0 bridgehead atoms. The van der Waals surface area contributed by atoms with Crippen LogP contribution in [-0.2, 0) is 4.74 Å². The van der Waals surface area contributed by atoms with E-state index >= 15 is 0 Å². The van der Waals surface area contributed by atoms with Gasteiger partial charge in [0.05, 0.1) is 19.3 Å². The van der Waals surface area contributed by atoms with Crippen LogP contribution in [-0.4, -0.2) is 74.6 Å². The van der Waals surface area contributed by atoms with Crippen LogP contribution in [0.5, 0.6) is 0 Å². The van der Waals surface area contributed by atoms with Crippen molar-refractivity contribution < 1.29 is 14.6 Å². The van der Waals surface area contributed by atoms with Gasteiger partial charge in [-0.05, 0) is 0 Å². The van der Waals surface area contributed by atoms with Crippen LogP contribution in [0.1, 0.15) is 0 Å². The molecule has 1 rings (SSSR count). The van der Waals surface area contributed by atoms with Crippen molar-refractivity contribution >= 4 is 6.03 Å². The Kier molecular flexibility index (Phi) is 6.87. The number of aliphatic hydroxyl groups is 1. The maximum absolute atomic E-state index is 10.4. The van der Waals surface area contributed by atoms with Gasteiger partial charge in [-0.2, -0.15) is 0 Å². The molecule has 5 N–H and O–H groups in total. The van der Waals surface area contributed by atoms with Gasteiger partial charge in [0, 0.05) is 39.3 Å². The van der Waals surface area contributed by atoms with Crippen LogP contribution in [0.3, 0.4) is 0 Å². The number of nitrogens with one attached hydrogen (secondary N) is 2. The maximum Gasteiger partial charge on any atom is 0.312 e. The molecule has 0 radical (unpaired) electrons. The minimum Gasteiger partial charge on any atom is -0.390 e. The van der Waals surface area contributed by atoms with Crippen molar-refractivity contribution in [3.8, 4) is 0 Å². The molecule has 1 saturated heterocycles. The molecule has 1 aliphatic heterocycles. The minimum absolute atomic E-state index is 0.401. The normalized spacial score (nSPS) is 18.9.